The third kappa shape index (κ3) is 2.38. The second-order valence-electron chi connectivity index (χ2n) is 4.78. The van der Waals surface area contributed by atoms with Gasteiger partial charge in [-0.15, -0.1) is 0 Å². The van der Waals surface area contributed by atoms with Crippen LogP contribution in [0.2, 0.25) is 0 Å². The lowest BCUT2D eigenvalue weighted by atomic mass is 9.96. The molecule has 0 unspecified atom stereocenters. The highest BCUT2D eigenvalue weighted by Gasteiger charge is 2.16. The number of carboxylic acids is 2. The van der Waals surface area contributed by atoms with Crippen molar-refractivity contribution in [2.45, 2.75) is 0 Å². The number of rotatable bonds is 2. The molecular formula is C16H8Br2O4. The molecule has 0 heterocycles. The first-order chi connectivity index (χ1) is 10.4. The third-order valence-corrected chi connectivity index (χ3v) is 4.56. The van der Waals surface area contributed by atoms with Gasteiger partial charge in [0.1, 0.15) is 0 Å². The van der Waals surface area contributed by atoms with E-state index < -0.39 is 11.9 Å². The smallest absolute Gasteiger partial charge is 0.336 e. The van der Waals surface area contributed by atoms with Crippen LogP contribution in [0.1, 0.15) is 20.7 Å². The van der Waals surface area contributed by atoms with E-state index in [9.17, 15) is 14.7 Å². The fourth-order valence-corrected chi connectivity index (χ4v) is 3.57. The molecule has 0 radical (unpaired) electrons. The van der Waals surface area contributed by atoms with Crippen LogP contribution in [-0.2, 0) is 0 Å². The van der Waals surface area contributed by atoms with E-state index in [2.05, 4.69) is 31.9 Å². The Morgan fingerprint density at radius 1 is 0.864 bits per heavy atom. The molecular weight excluding hydrogens is 416 g/mol. The molecule has 0 aliphatic heterocycles. The molecule has 3 rings (SSSR count). The Morgan fingerprint density at radius 3 is 2.23 bits per heavy atom. The molecule has 110 valence electrons. The summed E-state index contributed by atoms with van der Waals surface area (Å²) in [5.41, 5.74) is 0.241. The Balaban J connectivity index is 2.55. The van der Waals surface area contributed by atoms with Gasteiger partial charge in [-0.1, -0.05) is 37.9 Å². The maximum Gasteiger partial charge on any atom is 0.336 e. The zero-order valence-electron chi connectivity index (χ0n) is 10.9. The van der Waals surface area contributed by atoms with Crippen LogP contribution in [0.25, 0.3) is 21.5 Å². The molecule has 0 bridgehead atoms. The maximum absolute atomic E-state index is 11.5. The molecule has 0 aromatic heterocycles. The molecule has 0 aliphatic rings. The van der Waals surface area contributed by atoms with Crippen LogP contribution in [0, 0.1) is 0 Å². The van der Waals surface area contributed by atoms with E-state index in [-0.39, 0.29) is 11.1 Å². The third-order valence-electron chi connectivity index (χ3n) is 3.44. The van der Waals surface area contributed by atoms with Crippen LogP contribution in [-0.4, -0.2) is 22.2 Å². The van der Waals surface area contributed by atoms with Gasteiger partial charge in [0.05, 0.1) is 11.1 Å². The van der Waals surface area contributed by atoms with Crippen molar-refractivity contribution >= 4 is 65.3 Å². The van der Waals surface area contributed by atoms with Crippen molar-refractivity contribution in [3.8, 4) is 0 Å². The number of hydrogen-bond acceptors (Lipinski definition) is 2. The van der Waals surface area contributed by atoms with E-state index in [0.717, 1.165) is 15.2 Å². The minimum atomic E-state index is -1.06. The fraction of sp³-hybridized carbons (Fsp3) is 0. The highest BCUT2D eigenvalue weighted by atomic mass is 79.9. The van der Waals surface area contributed by atoms with Gasteiger partial charge >= 0.3 is 11.9 Å². The lowest BCUT2D eigenvalue weighted by molar-refractivity contribution is 0.0687. The maximum atomic E-state index is 11.5. The average Bonchev–Trinajstić information content (AvgIpc) is 2.45. The summed E-state index contributed by atoms with van der Waals surface area (Å²) in [5, 5.41) is 21.3. The molecule has 0 fully saturated rings. The van der Waals surface area contributed by atoms with E-state index in [1.165, 1.54) is 18.2 Å². The van der Waals surface area contributed by atoms with E-state index >= 15 is 0 Å². The second kappa shape index (κ2) is 5.37. The average molecular weight is 424 g/mol. The Morgan fingerprint density at radius 2 is 1.59 bits per heavy atom. The van der Waals surface area contributed by atoms with Crippen LogP contribution in [0.5, 0.6) is 0 Å². The molecule has 3 aromatic carbocycles. The summed E-state index contributed by atoms with van der Waals surface area (Å²) in [6.45, 7) is 0. The molecule has 0 amide bonds. The highest BCUT2D eigenvalue weighted by Crippen LogP contribution is 2.36. The molecule has 0 aliphatic carbocycles. The molecule has 3 aromatic rings. The van der Waals surface area contributed by atoms with E-state index in [1.807, 2.05) is 12.1 Å². The van der Waals surface area contributed by atoms with Crippen molar-refractivity contribution < 1.29 is 19.8 Å². The van der Waals surface area contributed by atoms with Gasteiger partial charge in [-0.3, -0.25) is 0 Å². The minimum absolute atomic E-state index is 0.104. The molecule has 0 saturated carbocycles. The van der Waals surface area contributed by atoms with Crippen LogP contribution in [0.4, 0.5) is 0 Å². The monoisotopic (exact) mass is 422 g/mol. The van der Waals surface area contributed by atoms with Crippen LogP contribution < -0.4 is 0 Å². The van der Waals surface area contributed by atoms with E-state index in [1.54, 1.807) is 6.07 Å². The predicted octanol–water partition coefficient (Wildman–Crippen LogP) is 4.91. The lowest BCUT2D eigenvalue weighted by Gasteiger charge is -2.11. The Labute approximate surface area is 141 Å². The number of carbonyl (C=O) groups is 2. The summed E-state index contributed by atoms with van der Waals surface area (Å²) in [7, 11) is 0. The normalized spacial score (nSPS) is 11.0. The van der Waals surface area contributed by atoms with Gasteiger partial charge in [0.15, 0.2) is 0 Å². The predicted molar refractivity (Wildman–Crippen MR) is 90.8 cm³/mol. The van der Waals surface area contributed by atoms with Crippen LogP contribution in [0.15, 0.2) is 45.3 Å². The zero-order valence-corrected chi connectivity index (χ0v) is 14.1. The molecule has 4 nitrogen and oxygen atoms in total. The SMILES string of the molecule is O=C(O)c1cc(Br)c2c(c1)cc(C(=O)O)c1cc(Br)ccc12. The number of benzene rings is 3. The highest BCUT2D eigenvalue weighted by molar-refractivity contribution is 9.11. The summed E-state index contributed by atoms with van der Waals surface area (Å²) in [6.07, 6.45) is 0. The van der Waals surface area contributed by atoms with Crippen LogP contribution in [0.3, 0.4) is 0 Å². The lowest BCUT2D eigenvalue weighted by Crippen LogP contribution is -2.00. The Hall–Kier alpha value is -1.92. The quantitative estimate of drug-likeness (QED) is 0.574. The molecule has 0 atom stereocenters. The zero-order chi connectivity index (χ0) is 16.0. The van der Waals surface area contributed by atoms with Gasteiger partial charge in [-0.25, -0.2) is 9.59 Å². The standard InChI is InChI=1S/C16H8Br2O4/c17-9-1-2-10-11(6-9)12(16(21)22)4-7-3-8(15(19)20)5-13(18)14(7)10/h1-6H,(H,19,20)(H,21,22). The Bertz CT molecular complexity index is 963. The van der Waals surface area contributed by atoms with Crippen molar-refractivity contribution in [1.29, 1.82) is 0 Å². The number of carboxylic acid groups (broad SMARTS) is 2. The second-order valence-corrected chi connectivity index (χ2v) is 6.55. The fourth-order valence-electron chi connectivity index (χ4n) is 2.52. The minimum Gasteiger partial charge on any atom is -0.478 e. The summed E-state index contributed by atoms with van der Waals surface area (Å²) in [4.78, 5) is 22.7. The van der Waals surface area contributed by atoms with Gasteiger partial charge in [0.25, 0.3) is 0 Å². The summed E-state index contributed by atoms with van der Waals surface area (Å²) in [6, 6.07) is 9.90. The summed E-state index contributed by atoms with van der Waals surface area (Å²) >= 11 is 6.74. The molecule has 22 heavy (non-hydrogen) atoms. The molecule has 0 spiro atoms. The van der Waals surface area contributed by atoms with Gasteiger partial charge < -0.3 is 10.2 Å². The Kier molecular flexibility index (Phi) is 3.66. The van der Waals surface area contributed by atoms with Gasteiger partial charge in [0, 0.05) is 14.3 Å². The van der Waals surface area contributed by atoms with Crippen molar-refractivity contribution in [1.82, 2.24) is 0 Å². The largest absolute Gasteiger partial charge is 0.478 e. The van der Waals surface area contributed by atoms with Crippen molar-refractivity contribution in [3.05, 3.63) is 56.5 Å². The molecule has 0 saturated heterocycles. The number of halogens is 2. The van der Waals surface area contributed by atoms with Gasteiger partial charge in [-0.05, 0) is 46.5 Å². The van der Waals surface area contributed by atoms with Crippen molar-refractivity contribution in [3.63, 3.8) is 0 Å². The topological polar surface area (TPSA) is 74.6 Å². The van der Waals surface area contributed by atoms with Crippen molar-refractivity contribution in [2.75, 3.05) is 0 Å². The number of fused-ring (bicyclic) bond motifs is 3. The molecule has 6 heteroatoms. The first-order valence-electron chi connectivity index (χ1n) is 6.20. The van der Waals surface area contributed by atoms with Gasteiger partial charge in [-0.2, -0.15) is 0 Å². The van der Waals surface area contributed by atoms with E-state index in [4.69, 9.17) is 5.11 Å². The van der Waals surface area contributed by atoms with Crippen LogP contribution >= 0.6 is 31.9 Å². The number of hydrogen-bond donors (Lipinski definition) is 2. The number of aromatic carboxylic acids is 2. The van der Waals surface area contributed by atoms with Crippen molar-refractivity contribution in [2.24, 2.45) is 0 Å². The van der Waals surface area contributed by atoms with E-state index in [0.29, 0.717) is 15.2 Å². The first kappa shape index (κ1) is 15.0. The molecule has 2 N–H and O–H groups in total. The summed E-state index contributed by atoms with van der Waals surface area (Å²) in [5.74, 6) is -2.11. The summed E-state index contributed by atoms with van der Waals surface area (Å²) < 4.78 is 1.40. The first-order valence-corrected chi connectivity index (χ1v) is 7.79. The van der Waals surface area contributed by atoms with Gasteiger partial charge in [0.2, 0.25) is 0 Å².